The normalized spacial score (nSPS) is 28.8. The number of nitrogens with one attached hydrogen (secondary N) is 2. The molecular weight excluding hydrogens is 362 g/mol. The van der Waals surface area contributed by atoms with Crippen molar-refractivity contribution in [3.63, 3.8) is 0 Å². The van der Waals surface area contributed by atoms with Crippen LogP contribution in [0, 0.1) is 5.92 Å². The van der Waals surface area contributed by atoms with E-state index < -0.39 is 24.1 Å². The molecule has 8 nitrogen and oxygen atoms in total. The number of carbonyl (C=O) groups excluding carboxylic acids is 4. The molecule has 3 aliphatic rings. The van der Waals surface area contributed by atoms with Gasteiger partial charge in [-0.3, -0.25) is 19.3 Å². The van der Waals surface area contributed by atoms with Crippen molar-refractivity contribution in [1.29, 1.82) is 0 Å². The molecule has 2 aliphatic carbocycles. The third-order valence-corrected chi connectivity index (χ3v) is 6.37. The maximum atomic E-state index is 12.8. The summed E-state index contributed by atoms with van der Waals surface area (Å²) in [4.78, 5) is 50.2. The van der Waals surface area contributed by atoms with Gasteiger partial charge in [-0.05, 0) is 31.6 Å². The molecule has 1 aliphatic heterocycles. The van der Waals surface area contributed by atoms with Gasteiger partial charge in [-0.2, -0.15) is 0 Å². The number of nitrogens with zero attached hydrogens (tertiary/aromatic N) is 1. The molecule has 2 atom stereocenters. The second-order valence-electron chi connectivity index (χ2n) is 8.36. The van der Waals surface area contributed by atoms with Crippen molar-refractivity contribution in [2.75, 3.05) is 13.2 Å². The Labute approximate surface area is 165 Å². The summed E-state index contributed by atoms with van der Waals surface area (Å²) in [6, 6.07) is -0.425. The summed E-state index contributed by atoms with van der Waals surface area (Å²) < 4.78 is 5.01. The van der Waals surface area contributed by atoms with Crippen LogP contribution in [-0.4, -0.2) is 53.4 Å². The van der Waals surface area contributed by atoms with Crippen LogP contribution in [-0.2, 0) is 19.1 Å². The van der Waals surface area contributed by atoms with Crippen LogP contribution in [0.3, 0.4) is 0 Å². The predicted molar refractivity (Wildman–Crippen MR) is 101 cm³/mol. The van der Waals surface area contributed by atoms with E-state index in [1.54, 1.807) is 0 Å². The smallest absolute Gasteiger partial charge is 0.326 e. The van der Waals surface area contributed by atoms with Crippen molar-refractivity contribution in [2.45, 2.75) is 82.7 Å². The zero-order valence-corrected chi connectivity index (χ0v) is 16.6. The fraction of sp³-hybridized carbons (Fsp3) is 0.800. The molecule has 0 bridgehead atoms. The third kappa shape index (κ3) is 4.47. The van der Waals surface area contributed by atoms with Gasteiger partial charge in [0, 0.05) is 6.04 Å². The van der Waals surface area contributed by atoms with Crippen molar-refractivity contribution in [3.05, 3.63) is 0 Å². The molecule has 0 unspecified atom stereocenters. The Hall–Kier alpha value is -2.12. The molecule has 0 aromatic heterocycles. The number of ether oxygens (including phenoxy) is 1. The van der Waals surface area contributed by atoms with E-state index in [-0.39, 0.29) is 30.4 Å². The minimum atomic E-state index is -0.896. The summed E-state index contributed by atoms with van der Waals surface area (Å²) in [5, 5.41) is 5.70. The van der Waals surface area contributed by atoms with Crippen molar-refractivity contribution in [3.8, 4) is 0 Å². The van der Waals surface area contributed by atoms with E-state index in [1.807, 2.05) is 6.92 Å². The van der Waals surface area contributed by atoms with Crippen molar-refractivity contribution in [2.24, 2.45) is 5.92 Å². The fourth-order valence-corrected chi connectivity index (χ4v) is 4.65. The van der Waals surface area contributed by atoms with Crippen LogP contribution >= 0.6 is 0 Å². The van der Waals surface area contributed by atoms with Crippen LogP contribution in [0.15, 0.2) is 0 Å². The van der Waals surface area contributed by atoms with Crippen LogP contribution in [0.5, 0.6) is 0 Å². The number of carbonyl (C=O) groups is 4. The number of imide groups is 1. The predicted octanol–water partition coefficient (Wildman–Crippen LogP) is 1.87. The van der Waals surface area contributed by atoms with Crippen molar-refractivity contribution in [1.82, 2.24) is 15.5 Å². The monoisotopic (exact) mass is 393 g/mol. The van der Waals surface area contributed by atoms with Crippen molar-refractivity contribution >= 4 is 23.8 Å². The molecule has 28 heavy (non-hydrogen) atoms. The molecule has 156 valence electrons. The van der Waals surface area contributed by atoms with Gasteiger partial charge in [0.1, 0.15) is 12.1 Å². The summed E-state index contributed by atoms with van der Waals surface area (Å²) in [5.74, 6) is -1.41. The molecule has 3 rings (SSSR count). The molecule has 2 N–H and O–H groups in total. The second-order valence-corrected chi connectivity index (χ2v) is 8.36. The van der Waals surface area contributed by atoms with Gasteiger partial charge in [-0.1, -0.05) is 45.4 Å². The van der Waals surface area contributed by atoms with Crippen molar-refractivity contribution < 1.29 is 23.9 Å². The average molecular weight is 393 g/mol. The highest BCUT2D eigenvalue weighted by atomic mass is 16.5. The number of rotatable bonds is 5. The van der Waals surface area contributed by atoms with E-state index in [9.17, 15) is 19.2 Å². The SMILES string of the molecule is C[C@H]1CCCC[C@]12NC(=O)N(CC(=O)OCC(=O)NC1CCCCCC1)C2=O. The van der Waals surface area contributed by atoms with Gasteiger partial charge in [-0.15, -0.1) is 0 Å². The van der Waals surface area contributed by atoms with E-state index in [4.69, 9.17) is 4.74 Å². The standard InChI is InChI=1S/C20H31N3O5/c1-14-8-6-7-11-20(14)18(26)23(19(27)22-20)12-17(25)28-13-16(24)21-15-9-4-2-3-5-10-15/h14-15H,2-13H2,1H3,(H,21,24)(H,22,27)/t14-,20-/m0/s1. The van der Waals surface area contributed by atoms with E-state index in [0.29, 0.717) is 6.42 Å². The Morgan fingerprint density at radius 3 is 2.46 bits per heavy atom. The molecule has 0 aromatic rings. The third-order valence-electron chi connectivity index (χ3n) is 6.37. The van der Waals surface area contributed by atoms with Gasteiger partial charge >= 0.3 is 12.0 Å². The number of urea groups is 1. The molecule has 8 heteroatoms. The molecule has 2 saturated carbocycles. The first-order valence-electron chi connectivity index (χ1n) is 10.5. The lowest BCUT2D eigenvalue weighted by Gasteiger charge is -2.36. The summed E-state index contributed by atoms with van der Waals surface area (Å²) in [6.07, 6.45) is 9.82. The van der Waals surface area contributed by atoms with Gasteiger partial charge in [0.2, 0.25) is 0 Å². The minimum Gasteiger partial charge on any atom is -0.454 e. The molecular formula is C20H31N3O5. The first kappa shape index (κ1) is 20.6. The summed E-state index contributed by atoms with van der Waals surface area (Å²) in [5.41, 5.74) is -0.896. The molecule has 4 amide bonds. The molecule has 1 heterocycles. The van der Waals surface area contributed by atoms with Crippen LogP contribution < -0.4 is 10.6 Å². The lowest BCUT2D eigenvalue weighted by Crippen LogP contribution is -2.54. The van der Waals surface area contributed by atoms with E-state index in [1.165, 1.54) is 12.8 Å². The Morgan fingerprint density at radius 2 is 1.79 bits per heavy atom. The Morgan fingerprint density at radius 1 is 1.11 bits per heavy atom. The van der Waals surface area contributed by atoms with Crippen LogP contribution in [0.4, 0.5) is 4.79 Å². The summed E-state index contributed by atoms with van der Waals surface area (Å²) in [6.45, 7) is 1.10. The quantitative estimate of drug-likeness (QED) is 0.421. The zero-order chi connectivity index (χ0) is 20.1. The number of hydrogen-bond acceptors (Lipinski definition) is 5. The van der Waals surface area contributed by atoms with Crippen LogP contribution in [0.25, 0.3) is 0 Å². The number of esters is 1. The molecule has 0 radical (unpaired) electrons. The molecule has 3 fully saturated rings. The summed E-state index contributed by atoms with van der Waals surface area (Å²) >= 11 is 0. The lowest BCUT2D eigenvalue weighted by atomic mass is 9.73. The highest BCUT2D eigenvalue weighted by molar-refractivity contribution is 6.09. The van der Waals surface area contributed by atoms with E-state index in [0.717, 1.165) is 49.8 Å². The highest BCUT2D eigenvalue weighted by Crippen LogP contribution is 2.38. The maximum absolute atomic E-state index is 12.8. The summed E-state index contributed by atoms with van der Waals surface area (Å²) in [7, 11) is 0. The first-order chi connectivity index (χ1) is 13.4. The maximum Gasteiger partial charge on any atom is 0.326 e. The highest BCUT2D eigenvalue weighted by Gasteiger charge is 2.55. The first-order valence-corrected chi connectivity index (χ1v) is 10.5. The Kier molecular flexibility index (Phi) is 6.57. The van der Waals surface area contributed by atoms with Gasteiger partial charge in [0.25, 0.3) is 11.8 Å². The minimum absolute atomic E-state index is 0.0315. The Bertz CT molecular complexity index is 629. The largest absolute Gasteiger partial charge is 0.454 e. The molecule has 1 spiro atoms. The van der Waals surface area contributed by atoms with Crippen LogP contribution in [0.1, 0.15) is 71.1 Å². The average Bonchev–Trinajstić information content (AvgIpc) is 2.85. The van der Waals surface area contributed by atoms with Gasteiger partial charge in [-0.25, -0.2) is 4.79 Å². The molecule has 1 saturated heterocycles. The fourth-order valence-electron chi connectivity index (χ4n) is 4.65. The van der Waals surface area contributed by atoms with Crippen LogP contribution in [0.2, 0.25) is 0 Å². The number of hydrogen-bond donors (Lipinski definition) is 2. The van der Waals surface area contributed by atoms with E-state index >= 15 is 0 Å². The Balaban J connectivity index is 1.47. The lowest BCUT2D eigenvalue weighted by molar-refractivity contribution is -0.151. The number of amides is 4. The van der Waals surface area contributed by atoms with Gasteiger partial charge < -0.3 is 15.4 Å². The topological polar surface area (TPSA) is 105 Å². The van der Waals surface area contributed by atoms with Gasteiger partial charge in [0.15, 0.2) is 6.61 Å². The second kappa shape index (κ2) is 8.92. The molecule has 0 aromatic carbocycles. The zero-order valence-electron chi connectivity index (χ0n) is 16.6. The van der Waals surface area contributed by atoms with E-state index in [2.05, 4.69) is 10.6 Å². The van der Waals surface area contributed by atoms with Gasteiger partial charge in [0.05, 0.1) is 0 Å².